The summed E-state index contributed by atoms with van der Waals surface area (Å²) in [7, 11) is 0. The topological polar surface area (TPSA) is 46.2 Å². The van der Waals surface area contributed by atoms with Gasteiger partial charge < -0.3 is 10.8 Å². The third-order valence-corrected chi connectivity index (χ3v) is 1.99. The first kappa shape index (κ1) is 9.61. The van der Waals surface area contributed by atoms with Gasteiger partial charge in [0.25, 0.3) is 0 Å². The van der Waals surface area contributed by atoms with E-state index in [1.807, 2.05) is 22.9 Å². The Bertz CT molecular complexity index is 294. The quantitative estimate of drug-likeness (QED) is 0.499. The lowest BCUT2D eigenvalue weighted by Gasteiger charge is -1.92. The Morgan fingerprint density at radius 3 is 1.92 bits per heavy atom. The van der Waals surface area contributed by atoms with Crippen LogP contribution in [0.3, 0.4) is 0 Å². The van der Waals surface area contributed by atoms with E-state index in [-0.39, 0.29) is 5.75 Å². The number of aromatic hydroxyl groups is 1. The van der Waals surface area contributed by atoms with E-state index in [4.69, 9.17) is 10.8 Å². The van der Waals surface area contributed by atoms with Gasteiger partial charge in [-0.3, -0.25) is 0 Å². The van der Waals surface area contributed by atoms with E-state index in [0.717, 1.165) is 0 Å². The molecule has 3 heteroatoms. The predicted molar refractivity (Wildman–Crippen MR) is 56.8 cm³/mol. The van der Waals surface area contributed by atoms with Gasteiger partial charge in [-0.05, 0) is 22.9 Å². The van der Waals surface area contributed by atoms with Crippen LogP contribution in [0.4, 0.5) is 5.69 Å². The molecule has 0 aliphatic heterocycles. The van der Waals surface area contributed by atoms with Crippen molar-refractivity contribution in [2.75, 3.05) is 5.73 Å². The molecule has 0 radical (unpaired) electrons. The second-order valence-electron chi connectivity index (χ2n) is 2.35. The van der Waals surface area contributed by atoms with Crippen molar-refractivity contribution in [2.24, 2.45) is 0 Å². The lowest BCUT2D eigenvalue weighted by atomic mass is 10.3. The molecule has 0 aliphatic carbocycles. The number of thiophene rings is 1. The van der Waals surface area contributed by atoms with Crippen molar-refractivity contribution in [1.82, 2.24) is 0 Å². The summed E-state index contributed by atoms with van der Waals surface area (Å²) < 4.78 is 0. The van der Waals surface area contributed by atoms with Crippen LogP contribution < -0.4 is 5.73 Å². The maximum atomic E-state index is 8.79. The summed E-state index contributed by atoms with van der Waals surface area (Å²) >= 11 is 1.71. The molecule has 68 valence electrons. The summed E-state index contributed by atoms with van der Waals surface area (Å²) in [5.74, 6) is 0.146. The largest absolute Gasteiger partial charge is 0.506 e. The molecule has 2 aromatic rings. The van der Waals surface area contributed by atoms with Crippen molar-refractivity contribution in [3.63, 3.8) is 0 Å². The number of anilines is 1. The van der Waals surface area contributed by atoms with E-state index >= 15 is 0 Å². The first-order valence-corrected chi connectivity index (χ1v) is 4.75. The minimum absolute atomic E-state index is 0.146. The zero-order valence-corrected chi connectivity index (χ0v) is 7.87. The molecule has 13 heavy (non-hydrogen) atoms. The highest BCUT2D eigenvalue weighted by Crippen LogP contribution is 2.16. The molecular weight excluding hydrogens is 182 g/mol. The molecule has 1 aromatic carbocycles. The summed E-state index contributed by atoms with van der Waals surface area (Å²) in [6.07, 6.45) is 0. The first-order chi connectivity index (χ1) is 6.30. The molecule has 2 nitrogen and oxygen atoms in total. The maximum Gasteiger partial charge on any atom is 0.138 e. The molecule has 0 atom stereocenters. The Morgan fingerprint density at radius 1 is 1.00 bits per heavy atom. The van der Waals surface area contributed by atoms with Gasteiger partial charge in [-0.15, -0.1) is 0 Å². The van der Waals surface area contributed by atoms with Crippen molar-refractivity contribution >= 4 is 17.0 Å². The van der Waals surface area contributed by atoms with E-state index in [2.05, 4.69) is 0 Å². The lowest BCUT2D eigenvalue weighted by Crippen LogP contribution is -1.82. The zero-order valence-electron chi connectivity index (χ0n) is 7.05. The van der Waals surface area contributed by atoms with E-state index in [1.54, 1.807) is 35.6 Å². The van der Waals surface area contributed by atoms with Gasteiger partial charge in [0.2, 0.25) is 0 Å². The van der Waals surface area contributed by atoms with Crippen molar-refractivity contribution in [3.05, 3.63) is 47.2 Å². The standard InChI is InChI=1S/C6H7NO.C4H4S/c7-5-3-1-2-4-6(5)8;1-2-4-5-3-1/h1-4,8H,7H2;1-4H. The van der Waals surface area contributed by atoms with Gasteiger partial charge in [-0.1, -0.05) is 24.3 Å². The number of phenolic OH excluding ortho intramolecular Hbond substituents is 1. The van der Waals surface area contributed by atoms with Crippen LogP contribution >= 0.6 is 11.3 Å². The molecule has 0 aliphatic rings. The maximum absolute atomic E-state index is 8.79. The third-order valence-electron chi connectivity index (χ3n) is 1.36. The van der Waals surface area contributed by atoms with E-state index in [0.29, 0.717) is 5.69 Å². The Hall–Kier alpha value is -1.48. The number of rotatable bonds is 0. The Balaban J connectivity index is 0.000000145. The van der Waals surface area contributed by atoms with Gasteiger partial charge in [-0.2, -0.15) is 11.3 Å². The molecule has 0 amide bonds. The Morgan fingerprint density at radius 2 is 1.62 bits per heavy atom. The highest BCUT2D eigenvalue weighted by Gasteiger charge is 1.87. The van der Waals surface area contributed by atoms with Gasteiger partial charge in [0.1, 0.15) is 5.75 Å². The fraction of sp³-hybridized carbons (Fsp3) is 0. The van der Waals surface area contributed by atoms with E-state index < -0.39 is 0 Å². The van der Waals surface area contributed by atoms with Crippen molar-refractivity contribution in [3.8, 4) is 5.75 Å². The molecule has 3 N–H and O–H groups in total. The average molecular weight is 193 g/mol. The van der Waals surface area contributed by atoms with Crippen LogP contribution in [-0.2, 0) is 0 Å². The van der Waals surface area contributed by atoms with Crippen LogP contribution in [-0.4, -0.2) is 5.11 Å². The minimum atomic E-state index is 0.146. The van der Waals surface area contributed by atoms with Gasteiger partial charge in [0.05, 0.1) is 5.69 Å². The van der Waals surface area contributed by atoms with Crippen LogP contribution in [0.2, 0.25) is 0 Å². The van der Waals surface area contributed by atoms with E-state index in [9.17, 15) is 0 Å². The highest BCUT2D eigenvalue weighted by atomic mass is 32.1. The van der Waals surface area contributed by atoms with Crippen LogP contribution in [0, 0.1) is 0 Å². The summed E-state index contributed by atoms with van der Waals surface area (Å²) in [4.78, 5) is 0. The minimum Gasteiger partial charge on any atom is -0.506 e. The number of hydrogen-bond donors (Lipinski definition) is 2. The smallest absolute Gasteiger partial charge is 0.138 e. The predicted octanol–water partition coefficient (Wildman–Crippen LogP) is 2.72. The summed E-state index contributed by atoms with van der Waals surface area (Å²) in [6.45, 7) is 0. The van der Waals surface area contributed by atoms with Gasteiger partial charge >= 0.3 is 0 Å². The average Bonchev–Trinajstić information content (AvgIpc) is 2.68. The highest BCUT2D eigenvalue weighted by molar-refractivity contribution is 7.07. The summed E-state index contributed by atoms with van der Waals surface area (Å²) in [6, 6.07) is 10.7. The second kappa shape index (κ2) is 5.22. The Kier molecular flexibility index (Phi) is 3.85. The SMILES string of the molecule is Nc1ccccc1O.c1ccsc1. The number of para-hydroxylation sites is 2. The molecule has 0 saturated heterocycles. The Labute approximate surface area is 81.3 Å². The molecule has 2 rings (SSSR count). The molecule has 1 aromatic heterocycles. The number of hydrogen-bond acceptors (Lipinski definition) is 3. The summed E-state index contributed by atoms with van der Waals surface area (Å²) in [5, 5.41) is 12.9. The molecule has 1 heterocycles. The van der Waals surface area contributed by atoms with Crippen molar-refractivity contribution in [2.45, 2.75) is 0 Å². The molecule has 0 bridgehead atoms. The lowest BCUT2D eigenvalue weighted by molar-refractivity contribution is 0.478. The number of nitrogen functional groups attached to an aromatic ring is 1. The van der Waals surface area contributed by atoms with Gasteiger partial charge in [0, 0.05) is 0 Å². The molecule has 0 unspecified atom stereocenters. The molecular formula is C10H11NOS. The zero-order chi connectivity index (χ0) is 9.52. The van der Waals surface area contributed by atoms with Crippen LogP contribution in [0.1, 0.15) is 0 Å². The molecule has 0 spiro atoms. The number of phenols is 1. The number of nitrogens with two attached hydrogens (primary N) is 1. The van der Waals surface area contributed by atoms with Crippen molar-refractivity contribution < 1.29 is 5.11 Å². The fourth-order valence-electron chi connectivity index (χ4n) is 0.714. The van der Waals surface area contributed by atoms with Crippen LogP contribution in [0.25, 0.3) is 0 Å². The molecule has 0 fully saturated rings. The monoisotopic (exact) mass is 193 g/mol. The van der Waals surface area contributed by atoms with Crippen LogP contribution in [0.5, 0.6) is 5.75 Å². The first-order valence-electron chi connectivity index (χ1n) is 3.81. The fourth-order valence-corrected chi connectivity index (χ4v) is 1.17. The van der Waals surface area contributed by atoms with E-state index in [1.165, 1.54) is 0 Å². The molecule has 0 saturated carbocycles. The number of benzene rings is 1. The second-order valence-corrected chi connectivity index (χ2v) is 3.17. The summed E-state index contributed by atoms with van der Waals surface area (Å²) in [5.41, 5.74) is 5.69. The van der Waals surface area contributed by atoms with Gasteiger partial charge in [0.15, 0.2) is 0 Å². The third kappa shape index (κ3) is 3.62. The van der Waals surface area contributed by atoms with Gasteiger partial charge in [-0.25, -0.2) is 0 Å². The van der Waals surface area contributed by atoms with Crippen molar-refractivity contribution in [1.29, 1.82) is 0 Å². The normalized spacial score (nSPS) is 8.62. The van der Waals surface area contributed by atoms with Crippen LogP contribution in [0.15, 0.2) is 47.2 Å².